The molecular formula is C15H20N2O6S. The van der Waals surface area contributed by atoms with E-state index in [0.29, 0.717) is 11.3 Å². The van der Waals surface area contributed by atoms with Gasteiger partial charge in [-0.1, -0.05) is 0 Å². The van der Waals surface area contributed by atoms with E-state index in [4.69, 9.17) is 9.47 Å². The summed E-state index contributed by atoms with van der Waals surface area (Å²) in [5.74, 6) is -0.399. The van der Waals surface area contributed by atoms with Crippen molar-refractivity contribution in [1.82, 2.24) is 9.21 Å². The van der Waals surface area contributed by atoms with Crippen LogP contribution in [-0.2, 0) is 19.6 Å². The van der Waals surface area contributed by atoms with Crippen molar-refractivity contribution in [2.45, 2.75) is 6.04 Å². The van der Waals surface area contributed by atoms with Crippen LogP contribution in [0.15, 0.2) is 24.3 Å². The first-order valence-electron chi connectivity index (χ1n) is 7.26. The lowest BCUT2D eigenvalue weighted by Gasteiger charge is -2.38. The molecule has 1 amide bonds. The van der Waals surface area contributed by atoms with Crippen LogP contribution in [-0.4, -0.2) is 75.7 Å². The molecule has 1 aromatic rings. The Bertz CT molecular complexity index is 716. The molecule has 1 aliphatic heterocycles. The van der Waals surface area contributed by atoms with Crippen molar-refractivity contribution in [3.63, 3.8) is 0 Å². The summed E-state index contributed by atoms with van der Waals surface area (Å²) in [4.78, 5) is 26.1. The highest BCUT2D eigenvalue weighted by Gasteiger charge is 2.39. The molecule has 9 heteroatoms. The van der Waals surface area contributed by atoms with Crippen molar-refractivity contribution in [2.75, 3.05) is 40.1 Å². The second-order valence-corrected chi connectivity index (χ2v) is 7.37. The molecule has 1 heterocycles. The fraction of sp³-hybridized carbons (Fsp3) is 0.467. The molecule has 8 nitrogen and oxygen atoms in total. The van der Waals surface area contributed by atoms with E-state index < -0.39 is 22.0 Å². The minimum Gasteiger partial charge on any atom is -0.497 e. The zero-order valence-corrected chi connectivity index (χ0v) is 14.6. The number of nitrogens with zero attached hydrogens (tertiary/aromatic N) is 2. The van der Waals surface area contributed by atoms with Gasteiger partial charge in [0.05, 0.1) is 20.5 Å². The van der Waals surface area contributed by atoms with Crippen molar-refractivity contribution >= 4 is 21.9 Å². The second kappa shape index (κ2) is 7.18. The fourth-order valence-electron chi connectivity index (χ4n) is 2.54. The molecule has 1 aliphatic rings. The Balaban J connectivity index is 2.26. The van der Waals surface area contributed by atoms with Gasteiger partial charge in [0.2, 0.25) is 10.0 Å². The molecule has 0 radical (unpaired) electrons. The van der Waals surface area contributed by atoms with E-state index in [2.05, 4.69) is 0 Å². The number of rotatable bonds is 4. The molecule has 0 aromatic heterocycles. The minimum atomic E-state index is -3.45. The van der Waals surface area contributed by atoms with Crippen LogP contribution in [0.4, 0.5) is 0 Å². The smallest absolute Gasteiger partial charge is 0.329 e. The van der Waals surface area contributed by atoms with Gasteiger partial charge in [-0.05, 0) is 24.3 Å². The van der Waals surface area contributed by atoms with Crippen LogP contribution in [0.5, 0.6) is 5.75 Å². The van der Waals surface area contributed by atoms with E-state index in [9.17, 15) is 18.0 Å². The SMILES string of the molecule is COC(=O)C1CN(S(C)(=O)=O)CCN1C(=O)c1ccc(OC)cc1. The largest absolute Gasteiger partial charge is 0.497 e. The van der Waals surface area contributed by atoms with Crippen LogP contribution in [0.1, 0.15) is 10.4 Å². The van der Waals surface area contributed by atoms with Gasteiger partial charge in [-0.2, -0.15) is 4.31 Å². The van der Waals surface area contributed by atoms with E-state index in [1.54, 1.807) is 24.3 Å². The number of carbonyl (C=O) groups excluding carboxylic acids is 2. The third-order valence-corrected chi connectivity index (χ3v) is 5.15. The predicted molar refractivity (Wildman–Crippen MR) is 86.3 cm³/mol. The maximum absolute atomic E-state index is 12.7. The highest BCUT2D eigenvalue weighted by atomic mass is 32.2. The number of benzene rings is 1. The maximum Gasteiger partial charge on any atom is 0.329 e. The summed E-state index contributed by atoms with van der Waals surface area (Å²) >= 11 is 0. The van der Waals surface area contributed by atoms with E-state index in [-0.39, 0.29) is 25.5 Å². The number of ether oxygens (including phenoxy) is 2. The molecular weight excluding hydrogens is 336 g/mol. The van der Waals surface area contributed by atoms with Crippen LogP contribution < -0.4 is 4.74 Å². The summed E-state index contributed by atoms with van der Waals surface area (Å²) in [6.07, 6.45) is 1.07. The lowest BCUT2D eigenvalue weighted by Crippen LogP contribution is -2.59. The van der Waals surface area contributed by atoms with Crippen LogP contribution in [0.3, 0.4) is 0 Å². The van der Waals surface area contributed by atoms with Crippen LogP contribution in [0, 0.1) is 0 Å². The normalized spacial score (nSPS) is 19.0. The topological polar surface area (TPSA) is 93.2 Å². The Hall–Kier alpha value is -2.13. The summed E-state index contributed by atoms with van der Waals surface area (Å²) in [6.45, 7) is 0.124. The Morgan fingerprint density at radius 2 is 1.75 bits per heavy atom. The zero-order chi connectivity index (χ0) is 17.9. The van der Waals surface area contributed by atoms with Gasteiger partial charge in [0.15, 0.2) is 0 Å². The van der Waals surface area contributed by atoms with Gasteiger partial charge in [-0.15, -0.1) is 0 Å². The molecule has 132 valence electrons. The van der Waals surface area contributed by atoms with Crippen molar-refractivity contribution in [3.05, 3.63) is 29.8 Å². The van der Waals surface area contributed by atoms with Crippen LogP contribution >= 0.6 is 0 Å². The first-order valence-corrected chi connectivity index (χ1v) is 9.10. The van der Waals surface area contributed by atoms with Crippen molar-refractivity contribution in [3.8, 4) is 5.75 Å². The molecule has 0 spiro atoms. The van der Waals surface area contributed by atoms with E-state index in [1.165, 1.54) is 23.4 Å². The number of carbonyl (C=O) groups is 2. The number of piperazine rings is 1. The van der Waals surface area contributed by atoms with Crippen molar-refractivity contribution < 1.29 is 27.5 Å². The van der Waals surface area contributed by atoms with E-state index in [0.717, 1.165) is 6.26 Å². The minimum absolute atomic E-state index is 0.109. The van der Waals surface area contributed by atoms with Crippen LogP contribution in [0.2, 0.25) is 0 Å². The number of methoxy groups -OCH3 is 2. The molecule has 0 aliphatic carbocycles. The quantitative estimate of drug-likeness (QED) is 0.703. The summed E-state index contributed by atoms with van der Waals surface area (Å²) in [7, 11) is -0.724. The molecule has 1 fully saturated rings. The first kappa shape index (κ1) is 18.2. The molecule has 1 aromatic carbocycles. The second-order valence-electron chi connectivity index (χ2n) is 5.39. The average Bonchev–Trinajstić information content (AvgIpc) is 2.59. The highest BCUT2D eigenvalue weighted by Crippen LogP contribution is 2.19. The zero-order valence-electron chi connectivity index (χ0n) is 13.8. The number of hydrogen-bond acceptors (Lipinski definition) is 6. The molecule has 0 bridgehead atoms. The summed E-state index contributed by atoms with van der Waals surface area (Å²) < 4.78 is 34.4. The first-order chi connectivity index (χ1) is 11.3. The third-order valence-electron chi connectivity index (χ3n) is 3.88. The van der Waals surface area contributed by atoms with Gasteiger partial charge < -0.3 is 14.4 Å². The van der Waals surface area contributed by atoms with Gasteiger partial charge >= 0.3 is 5.97 Å². The predicted octanol–water partition coefficient (Wildman–Crippen LogP) is -0.0458. The van der Waals surface area contributed by atoms with E-state index >= 15 is 0 Å². The Morgan fingerprint density at radius 1 is 1.12 bits per heavy atom. The van der Waals surface area contributed by atoms with Crippen molar-refractivity contribution in [1.29, 1.82) is 0 Å². The molecule has 24 heavy (non-hydrogen) atoms. The molecule has 2 rings (SSSR count). The van der Waals surface area contributed by atoms with Gasteiger partial charge in [0, 0.05) is 25.2 Å². The van der Waals surface area contributed by atoms with E-state index in [1.807, 2.05) is 0 Å². The average molecular weight is 356 g/mol. The summed E-state index contributed by atoms with van der Waals surface area (Å²) in [5, 5.41) is 0. The van der Waals surface area contributed by atoms with Crippen molar-refractivity contribution in [2.24, 2.45) is 0 Å². The molecule has 1 saturated heterocycles. The Labute approximate surface area is 141 Å². The fourth-order valence-corrected chi connectivity index (χ4v) is 3.36. The molecule has 1 atom stereocenters. The number of esters is 1. The molecule has 0 saturated carbocycles. The monoisotopic (exact) mass is 356 g/mol. The maximum atomic E-state index is 12.7. The van der Waals surface area contributed by atoms with Crippen LogP contribution in [0.25, 0.3) is 0 Å². The molecule has 0 N–H and O–H groups in total. The Morgan fingerprint density at radius 3 is 2.25 bits per heavy atom. The number of sulfonamides is 1. The lowest BCUT2D eigenvalue weighted by atomic mass is 10.1. The summed E-state index contributed by atoms with van der Waals surface area (Å²) in [5.41, 5.74) is 0.387. The number of hydrogen-bond donors (Lipinski definition) is 0. The lowest BCUT2D eigenvalue weighted by molar-refractivity contribution is -0.147. The number of amides is 1. The summed E-state index contributed by atoms with van der Waals surface area (Å²) in [6, 6.07) is 5.50. The Kier molecular flexibility index (Phi) is 5.45. The molecule has 1 unspecified atom stereocenters. The highest BCUT2D eigenvalue weighted by molar-refractivity contribution is 7.88. The van der Waals surface area contributed by atoms with Gasteiger partial charge in [0.1, 0.15) is 11.8 Å². The third kappa shape index (κ3) is 3.85. The van der Waals surface area contributed by atoms with Gasteiger partial charge in [0.25, 0.3) is 5.91 Å². The van der Waals surface area contributed by atoms with Gasteiger partial charge in [-0.25, -0.2) is 13.2 Å². The standard InChI is InChI=1S/C15H20N2O6S/c1-22-12-6-4-11(5-7-12)14(18)17-9-8-16(24(3,20)21)10-13(17)15(19)23-2/h4-7,13H,8-10H2,1-3H3. The van der Waals surface area contributed by atoms with Gasteiger partial charge in [-0.3, -0.25) is 4.79 Å².